The van der Waals surface area contributed by atoms with Crippen molar-refractivity contribution in [1.82, 2.24) is 9.88 Å². The second kappa shape index (κ2) is 9.91. The predicted octanol–water partition coefficient (Wildman–Crippen LogP) is 1.80. The maximum Gasteiger partial charge on any atom is 0.261 e. The molecule has 1 unspecified atom stereocenters. The van der Waals surface area contributed by atoms with Crippen LogP contribution < -0.4 is 10.9 Å². The number of aliphatic imine (C=N–C) groups is 1. The number of benzene rings is 2. The number of hydrogen-bond donors (Lipinski definition) is 5. The van der Waals surface area contributed by atoms with Crippen LogP contribution >= 0.6 is 11.6 Å². The molecule has 2 aromatic carbocycles. The number of β-amino-alcohol motifs (C(OH)–C–C–N with tert-alkyl or cyclic N) is 1. The average molecular weight is 523 g/mol. The molecule has 3 aromatic rings. The number of halogens is 1. The molecule has 5 rings (SSSR count). The van der Waals surface area contributed by atoms with E-state index in [0.29, 0.717) is 38.8 Å². The number of pyridine rings is 1. The average Bonchev–Trinajstić information content (AvgIpc) is 3.39. The number of aliphatic hydroxyl groups is 3. The van der Waals surface area contributed by atoms with Crippen LogP contribution in [-0.4, -0.2) is 68.5 Å². The second-order valence-corrected chi connectivity index (χ2v) is 9.30. The minimum atomic E-state index is -1.23. The Labute approximate surface area is 215 Å². The molecule has 37 heavy (non-hydrogen) atoms. The first kappa shape index (κ1) is 24.8. The van der Waals surface area contributed by atoms with Crippen molar-refractivity contribution in [3.05, 3.63) is 91.9 Å². The Morgan fingerprint density at radius 1 is 1.08 bits per heavy atom. The molecule has 2 atom stereocenters. The first-order valence-corrected chi connectivity index (χ1v) is 11.9. The minimum Gasteiger partial charge on any atom is -0.394 e. The highest BCUT2D eigenvalue weighted by molar-refractivity contribution is 6.30. The molecule has 3 heterocycles. The Morgan fingerprint density at radius 3 is 2.57 bits per heavy atom. The van der Waals surface area contributed by atoms with E-state index in [4.69, 9.17) is 16.7 Å². The lowest BCUT2D eigenvalue weighted by Crippen LogP contribution is -2.38. The van der Waals surface area contributed by atoms with Crippen molar-refractivity contribution in [1.29, 1.82) is 0 Å². The van der Waals surface area contributed by atoms with Crippen LogP contribution in [-0.2, 0) is 6.42 Å². The van der Waals surface area contributed by atoms with Gasteiger partial charge in [-0.25, -0.2) is 0 Å². The molecule has 0 fully saturated rings. The molecule has 190 valence electrons. The largest absolute Gasteiger partial charge is 0.394 e. The van der Waals surface area contributed by atoms with Crippen molar-refractivity contribution in [2.75, 3.05) is 25.0 Å². The first-order chi connectivity index (χ1) is 17.8. The molecular formula is C26H23ClN4O6. The van der Waals surface area contributed by atoms with Crippen LogP contribution in [0.25, 0.3) is 0 Å². The first-order valence-electron chi connectivity index (χ1n) is 11.6. The van der Waals surface area contributed by atoms with E-state index in [1.807, 2.05) is 0 Å². The maximum absolute atomic E-state index is 12.8. The lowest BCUT2D eigenvalue weighted by Gasteiger charge is -2.16. The summed E-state index contributed by atoms with van der Waals surface area (Å²) in [5.74, 6) is -1.13. The number of anilines is 1. The molecule has 10 nitrogen and oxygen atoms in total. The van der Waals surface area contributed by atoms with Gasteiger partial charge >= 0.3 is 0 Å². The number of aromatic amines is 1. The Kier molecular flexibility index (Phi) is 6.65. The molecule has 0 radical (unpaired) electrons. The summed E-state index contributed by atoms with van der Waals surface area (Å²) in [6, 6.07) is 11.6. The number of imide groups is 1. The molecule has 11 heteroatoms. The van der Waals surface area contributed by atoms with Gasteiger partial charge in [-0.1, -0.05) is 23.7 Å². The number of hydrogen-bond acceptors (Lipinski definition) is 8. The third-order valence-corrected chi connectivity index (χ3v) is 6.59. The molecule has 1 aromatic heterocycles. The normalized spacial score (nSPS) is 15.9. The molecule has 5 N–H and O–H groups in total. The van der Waals surface area contributed by atoms with E-state index in [-0.39, 0.29) is 36.2 Å². The van der Waals surface area contributed by atoms with E-state index in [0.717, 1.165) is 4.90 Å². The van der Waals surface area contributed by atoms with Gasteiger partial charge in [0.25, 0.3) is 17.4 Å². The molecule has 2 aliphatic rings. The third kappa shape index (κ3) is 4.67. The topological polar surface area (TPSA) is 155 Å². The van der Waals surface area contributed by atoms with Crippen LogP contribution in [0.4, 0.5) is 11.4 Å². The number of aliphatic hydroxyl groups excluding tert-OH is 3. The van der Waals surface area contributed by atoms with Gasteiger partial charge in [-0.3, -0.25) is 24.3 Å². The summed E-state index contributed by atoms with van der Waals surface area (Å²) in [6.45, 7) is -0.767. The van der Waals surface area contributed by atoms with E-state index >= 15 is 0 Å². The van der Waals surface area contributed by atoms with Gasteiger partial charge in [0.15, 0.2) is 0 Å². The number of nitrogens with zero attached hydrogens (tertiary/aromatic N) is 2. The summed E-state index contributed by atoms with van der Waals surface area (Å²) >= 11 is 6.02. The molecular weight excluding hydrogens is 500 g/mol. The van der Waals surface area contributed by atoms with Gasteiger partial charge in [0.1, 0.15) is 0 Å². The van der Waals surface area contributed by atoms with Crippen LogP contribution in [0, 0.1) is 0 Å². The SMILES string of the molecule is O=C1c2cc3c(cc2C(=O)N1CC(O)CO)N=C(c1c(NC[C@@H](O)c2cccc(Cl)c2)cc[nH]c1=O)C3. The van der Waals surface area contributed by atoms with E-state index in [9.17, 15) is 24.6 Å². The molecule has 0 saturated heterocycles. The second-order valence-electron chi connectivity index (χ2n) is 8.87. The van der Waals surface area contributed by atoms with E-state index in [1.54, 1.807) is 36.4 Å². The summed E-state index contributed by atoms with van der Waals surface area (Å²) in [5, 5.41) is 32.9. The predicted molar refractivity (Wildman–Crippen MR) is 137 cm³/mol. The number of carbonyl (C=O) groups excluding carboxylic acids is 2. The fraction of sp³-hybridized carbons (Fsp3) is 0.231. The molecule has 0 bridgehead atoms. The molecule has 2 aliphatic heterocycles. The summed E-state index contributed by atoms with van der Waals surface area (Å²) in [6.07, 6.45) is -0.362. The van der Waals surface area contributed by atoms with Gasteiger partial charge in [-0.2, -0.15) is 0 Å². The quantitative estimate of drug-likeness (QED) is 0.282. The highest BCUT2D eigenvalue weighted by Crippen LogP contribution is 2.36. The highest BCUT2D eigenvalue weighted by atomic mass is 35.5. The number of amides is 2. The smallest absolute Gasteiger partial charge is 0.261 e. The Hall–Kier alpha value is -3.83. The standard InChI is InChI=1S/C26H23ClN4O6/c27-15-3-1-2-13(6-15)22(34)10-29-19-4-5-28-24(35)23(19)21-8-14-7-17-18(9-20(14)30-21)26(37)31(25(17)36)11-16(33)12-32/h1-7,9,16,22,32-34H,8,10-12H2,(H2,28,29,35)/t16?,22-/m1/s1. The van der Waals surface area contributed by atoms with Crippen molar-refractivity contribution in [2.24, 2.45) is 4.99 Å². The summed E-state index contributed by atoms with van der Waals surface area (Å²) < 4.78 is 0. The van der Waals surface area contributed by atoms with E-state index < -0.39 is 30.6 Å². The van der Waals surface area contributed by atoms with Crippen LogP contribution in [0.15, 0.2) is 58.4 Å². The number of fused-ring (bicyclic) bond motifs is 2. The Bertz CT molecular complexity index is 1500. The monoisotopic (exact) mass is 522 g/mol. The zero-order chi connectivity index (χ0) is 26.3. The van der Waals surface area contributed by atoms with Crippen LogP contribution in [0.5, 0.6) is 0 Å². The van der Waals surface area contributed by atoms with Crippen LogP contribution in [0.2, 0.25) is 5.02 Å². The zero-order valence-electron chi connectivity index (χ0n) is 19.4. The van der Waals surface area contributed by atoms with Crippen molar-refractivity contribution in [3.63, 3.8) is 0 Å². The van der Waals surface area contributed by atoms with E-state index in [1.165, 1.54) is 12.3 Å². The van der Waals surface area contributed by atoms with Crippen molar-refractivity contribution in [2.45, 2.75) is 18.6 Å². The summed E-state index contributed by atoms with van der Waals surface area (Å²) in [7, 11) is 0. The van der Waals surface area contributed by atoms with Crippen LogP contribution in [0.3, 0.4) is 0 Å². The zero-order valence-corrected chi connectivity index (χ0v) is 20.2. The molecule has 0 aliphatic carbocycles. The molecule has 0 spiro atoms. The fourth-order valence-corrected chi connectivity index (χ4v) is 4.71. The van der Waals surface area contributed by atoms with Crippen molar-refractivity contribution >= 4 is 40.5 Å². The van der Waals surface area contributed by atoms with Gasteiger partial charge in [0.05, 0.1) is 59.1 Å². The number of carbonyl (C=O) groups is 2. The Balaban J connectivity index is 1.40. The highest BCUT2D eigenvalue weighted by Gasteiger charge is 2.38. The van der Waals surface area contributed by atoms with Crippen molar-refractivity contribution in [3.8, 4) is 0 Å². The maximum atomic E-state index is 12.8. The van der Waals surface area contributed by atoms with Gasteiger partial charge in [-0.05, 0) is 41.5 Å². The van der Waals surface area contributed by atoms with E-state index in [2.05, 4.69) is 15.3 Å². The number of nitrogens with one attached hydrogen (secondary N) is 2. The van der Waals surface area contributed by atoms with Gasteiger partial charge in [0.2, 0.25) is 0 Å². The molecule has 0 saturated carbocycles. The fourth-order valence-electron chi connectivity index (χ4n) is 4.51. The summed E-state index contributed by atoms with van der Waals surface area (Å²) in [4.78, 5) is 46.5. The number of H-pyrrole nitrogens is 1. The van der Waals surface area contributed by atoms with Gasteiger partial charge in [-0.15, -0.1) is 0 Å². The van der Waals surface area contributed by atoms with Gasteiger partial charge in [0, 0.05) is 24.2 Å². The van der Waals surface area contributed by atoms with Crippen LogP contribution in [0.1, 0.15) is 43.5 Å². The Morgan fingerprint density at radius 2 is 1.84 bits per heavy atom. The summed E-state index contributed by atoms with van der Waals surface area (Å²) in [5.41, 5.74) is 2.95. The lowest BCUT2D eigenvalue weighted by molar-refractivity contribution is 0.0426. The third-order valence-electron chi connectivity index (χ3n) is 6.36. The van der Waals surface area contributed by atoms with Gasteiger partial charge < -0.3 is 25.6 Å². The van der Waals surface area contributed by atoms with Crippen molar-refractivity contribution < 1.29 is 24.9 Å². The molecule has 2 amide bonds. The number of rotatable bonds is 8. The lowest BCUT2D eigenvalue weighted by atomic mass is 10.00. The number of aromatic nitrogens is 1. The minimum absolute atomic E-state index is 0.115.